The first kappa shape index (κ1) is 22.9. The van der Waals surface area contributed by atoms with Crippen molar-refractivity contribution in [2.24, 2.45) is 0 Å². The summed E-state index contributed by atoms with van der Waals surface area (Å²) in [5.41, 5.74) is 1.08. The third-order valence-electron chi connectivity index (χ3n) is 3.79. The Bertz CT molecular complexity index is 951. The number of hydrogen-bond donors (Lipinski definition) is 2. The lowest BCUT2D eigenvalue weighted by Gasteiger charge is -2.09. The Balaban J connectivity index is 2.10. The van der Waals surface area contributed by atoms with Gasteiger partial charge in [-0.2, -0.15) is 0 Å². The van der Waals surface area contributed by atoms with Gasteiger partial charge in [-0.05, 0) is 43.7 Å². The van der Waals surface area contributed by atoms with Crippen molar-refractivity contribution in [3.63, 3.8) is 0 Å². The van der Waals surface area contributed by atoms with Crippen LogP contribution in [0.3, 0.4) is 0 Å². The van der Waals surface area contributed by atoms with Crippen molar-refractivity contribution >= 4 is 45.8 Å². The summed E-state index contributed by atoms with van der Waals surface area (Å²) in [6.07, 6.45) is 0. The summed E-state index contributed by atoms with van der Waals surface area (Å²) >= 11 is 0.928. The zero-order chi connectivity index (χ0) is 22.3. The number of benzene rings is 1. The van der Waals surface area contributed by atoms with E-state index >= 15 is 0 Å². The van der Waals surface area contributed by atoms with Crippen LogP contribution < -0.4 is 15.4 Å². The Kier molecular flexibility index (Phi) is 7.93. The molecule has 0 aliphatic carbocycles. The number of ether oxygens (including phenoxy) is 3. The summed E-state index contributed by atoms with van der Waals surface area (Å²) in [5, 5.41) is 5.39. The van der Waals surface area contributed by atoms with E-state index in [4.69, 9.17) is 14.2 Å². The molecule has 0 saturated heterocycles. The third-order valence-corrected chi connectivity index (χ3v) is 4.98. The van der Waals surface area contributed by atoms with Gasteiger partial charge < -0.3 is 24.8 Å². The second kappa shape index (κ2) is 10.4. The van der Waals surface area contributed by atoms with Gasteiger partial charge in [0.2, 0.25) is 5.91 Å². The van der Waals surface area contributed by atoms with E-state index in [9.17, 15) is 19.2 Å². The van der Waals surface area contributed by atoms with E-state index < -0.39 is 17.8 Å². The molecule has 0 aliphatic rings. The fourth-order valence-electron chi connectivity index (χ4n) is 2.49. The normalized spacial score (nSPS) is 10.1. The molecule has 0 spiro atoms. The van der Waals surface area contributed by atoms with E-state index in [1.54, 1.807) is 38.1 Å². The van der Waals surface area contributed by atoms with Crippen LogP contribution in [0, 0.1) is 6.92 Å². The molecular formula is C20H22N2O7S. The van der Waals surface area contributed by atoms with E-state index in [2.05, 4.69) is 10.6 Å². The molecule has 2 N–H and O–H groups in total. The largest absolute Gasteiger partial charge is 0.484 e. The average molecular weight is 434 g/mol. The standard InChI is InChI=1S/C20H22N2O7S/c1-5-28-19(25)16-11(2)17(20(26)27-4)30-18(16)22-15(24)10-29-14-8-6-13(7-9-14)21-12(3)23/h6-9H,5,10H2,1-4H3,(H,21,23)(H,22,24). The zero-order valence-corrected chi connectivity index (χ0v) is 17.8. The smallest absolute Gasteiger partial charge is 0.348 e. The minimum atomic E-state index is -0.647. The highest BCUT2D eigenvalue weighted by Gasteiger charge is 2.27. The second-order valence-corrected chi connectivity index (χ2v) is 7.04. The molecule has 10 heteroatoms. The van der Waals surface area contributed by atoms with Crippen LogP contribution in [0.25, 0.3) is 0 Å². The second-order valence-electron chi connectivity index (χ2n) is 6.01. The van der Waals surface area contributed by atoms with Crippen LogP contribution in [0.2, 0.25) is 0 Å². The van der Waals surface area contributed by atoms with Crippen molar-refractivity contribution in [3.05, 3.63) is 40.3 Å². The number of nitrogens with one attached hydrogen (secondary N) is 2. The number of esters is 2. The monoisotopic (exact) mass is 434 g/mol. The van der Waals surface area contributed by atoms with Crippen LogP contribution in [0.5, 0.6) is 5.75 Å². The summed E-state index contributed by atoms with van der Waals surface area (Å²) in [7, 11) is 1.23. The van der Waals surface area contributed by atoms with Gasteiger partial charge in [0.15, 0.2) is 6.61 Å². The van der Waals surface area contributed by atoms with Gasteiger partial charge in [0.25, 0.3) is 5.91 Å². The quantitative estimate of drug-likeness (QED) is 0.613. The number of thiophene rings is 1. The van der Waals surface area contributed by atoms with Crippen molar-refractivity contribution in [3.8, 4) is 5.75 Å². The molecular weight excluding hydrogens is 412 g/mol. The molecule has 160 valence electrons. The van der Waals surface area contributed by atoms with Crippen molar-refractivity contribution in [2.45, 2.75) is 20.8 Å². The lowest BCUT2D eigenvalue weighted by atomic mass is 10.1. The van der Waals surface area contributed by atoms with Gasteiger partial charge in [-0.25, -0.2) is 9.59 Å². The molecule has 0 radical (unpaired) electrons. The molecule has 9 nitrogen and oxygen atoms in total. The van der Waals surface area contributed by atoms with Gasteiger partial charge in [0.1, 0.15) is 15.6 Å². The molecule has 0 unspecified atom stereocenters. The maximum atomic E-state index is 12.3. The topological polar surface area (TPSA) is 120 Å². The first-order chi connectivity index (χ1) is 14.3. The maximum absolute atomic E-state index is 12.3. The summed E-state index contributed by atoms with van der Waals surface area (Å²) < 4.78 is 15.2. The summed E-state index contributed by atoms with van der Waals surface area (Å²) in [6.45, 7) is 4.46. The lowest BCUT2D eigenvalue weighted by molar-refractivity contribution is -0.118. The van der Waals surface area contributed by atoms with E-state index in [-0.39, 0.29) is 34.6 Å². The van der Waals surface area contributed by atoms with Crippen molar-refractivity contribution in [2.75, 3.05) is 31.0 Å². The van der Waals surface area contributed by atoms with Crippen LogP contribution in [0.1, 0.15) is 39.4 Å². The summed E-state index contributed by atoms with van der Waals surface area (Å²) in [5.74, 6) is -1.56. The van der Waals surface area contributed by atoms with Crippen molar-refractivity contribution in [1.82, 2.24) is 0 Å². The van der Waals surface area contributed by atoms with Gasteiger partial charge in [0.05, 0.1) is 19.3 Å². The lowest BCUT2D eigenvalue weighted by Crippen LogP contribution is -2.21. The van der Waals surface area contributed by atoms with Gasteiger partial charge in [-0.3, -0.25) is 9.59 Å². The molecule has 1 aromatic carbocycles. The molecule has 1 heterocycles. The molecule has 0 aliphatic heterocycles. The first-order valence-electron chi connectivity index (χ1n) is 8.95. The first-order valence-corrected chi connectivity index (χ1v) is 9.77. The predicted octanol–water partition coefficient (Wildman–Crippen LogP) is 3.00. The van der Waals surface area contributed by atoms with Crippen LogP contribution in [-0.4, -0.2) is 44.1 Å². The Labute approximate surface area is 177 Å². The van der Waals surface area contributed by atoms with Crippen LogP contribution in [-0.2, 0) is 19.1 Å². The molecule has 0 atom stereocenters. The van der Waals surface area contributed by atoms with Gasteiger partial charge in [-0.1, -0.05) is 0 Å². The molecule has 1 aromatic heterocycles. The Hall–Kier alpha value is -3.40. The summed E-state index contributed by atoms with van der Waals surface area (Å²) in [4.78, 5) is 47.8. The highest BCUT2D eigenvalue weighted by atomic mass is 32.1. The van der Waals surface area contributed by atoms with Crippen molar-refractivity contribution < 1.29 is 33.4 Å². The highest BCUT2D eigenvalue weighted by Crippen LogP contribution is 2.34. The van der Waals surface area contributed by atoms with Gasteiger partial charge >= 0.3 is 11.9 Å². The minimum absolute atomic E-state index is 0.107. The maximum Gasteiger partial charge on any atom is 0.348 e. The Morgan fingerprint density at radius 3 is 2.27 bits per heavy atom. The van der Waals surface area contributed by atoms with E-state index in [0.717, 1.165) is 11.3 Å². The number of anilines is 2. The molecule has 0 fully saturated rings. The third kappa shape index (κ3) is 5.80. The average Bonchev–Trinajstić information content (AvgIpc) is 3.02. The Morgan fingerprint density at radius 2 is 1.70 bits per heavy atom. The fraction of sp³-hybridized carbons (Fsp3) is 0.300. The molecule has 0 saturated carbocycles. The fourth-order valence-corrected chi connectivity index (χ4v) is 3.62. The van der Waals surface area contributed by atoms with Gasteiger partial charge in [-0.15, -0.1) is 11.3 Å². The number of hydrogen-bond acceptors (Lipinski definition) is 8. The van der Waals surface area contributed by atoms with Crippen molar-refractivity contribution in [1.29, 1.82) is 0 Å². The number of amides is 2. The van der Waals surface area contributed by atoms with E-state index in [0.29, 0.717) is 17.0 Å². The molecule has 0 bridgehead atoms. The Morgan fingerprint density at radius 1 is 1.03 bits per heavy atom. The summed E-state index contributed by atoms with van der Waals surface area (Å²) in [6, 6.07) is 6.48. The highest BCUT2D eigenvalue weighted by molar-refractivity contribution is 7.18. The minimum Gasteiger partial charge on any atom is -0.484 e. The van der Waals surface area contributed by atoms with Crippen LogP contribution in [0.15, 0.2) is 24.3 Å². The number of methoxy groups -OCH3 is 1. The predicted molar refractivity (Wildman–Crippen MR) is 111 cm³/mol. The van der Waals surface area contributed by atoms with E-state index in [1.807, 2.05) is 0 Å². The zero-order valence-electron chi connectivity index (χ0n) is 17.0. The van der Waals surface area contributed by atoms with E-state index in [1.165, 1.54) is 14.0 Å². The molecule has 30 heavy (non-hydrogen) atoms. The molecule has 2 aromatic rings. The molecule has 2 amide bonds. The SMILES string of the molecule is CCOC(=O)c1c(NC(=O)COc2ccc(NC(C)=O)cc2)sc(C(=O)OC)c1C. The van der Waals surface area contributed by atoms with Crippen LogP contribution in [0.4, 0.5) is 10.7 Å². The van der Waals surface area contributed by atoms with Gasteiger partial charge in [0, 0.05) is 12.6 Å². The number of carbonyl (C=O) groups excluding carboxylic acids is 4. The molecule has 2 rings (SSSR count). The number of carbonyl (C=O) groups is 4. The van der Waals surface area contributed by atoms with Crippen LogP contribution >= 0.6 is 11.3 Å². The number of rotatable bonds is 8.